The first kappa shape index (κ1) is 11.9. The molecule has 0 radical (unpaired) electrons. The lowest BCUT2D eigenvalue weighted by molar-refractivity contribution is 0.546. The van der Waals surface area contributed by atoms with Gasteiger partial charge in [0.15, 0.2) is 11.5 Å². The second kappa shape index (κ2) is 4.20. The molecule has 2 heterocycles. The van der Waals surface area contributed by atoms with Gasteiger partial charge in [-0.05, 0) is 0 Å². The number of aromatic nitrogens is 4. The summed E-state index contributed by atoms with van der Waals surface area (Å²) in [5, 5.41) is 7.56. The van der Waals surface area contributed by atoms with E-state index < -0.39 is 23.0 Å². The summed E-state index contributed by atoms with van der Waals surface area (Å²) in [6.45, 7) is 0. The highest BCUT2D eigenvalue weighted by atomic mass is 35.5. The number of fused-ring (bicyclic) bond motifs is 1. The second-order valence-electron chi connectivity index (χ2n) is 3.71. The number of nitrogens with zero attached hydrogens (tertiary/aromatic N) is 4. The van der Waals surface area contributed by atoms with E-state index in [9.17, 15) is 13.2 Å². The van der Waals surface area contributed by atoms with E-state index >= 15 is 0 Å². The average Bonchev–Trinajstić information content (AvgIpc) is 2.71. The molecule has 0 fully saturated rings. The topological polar surface area (TPSA) is 43.1 Å². The number of hydrogen-bond donors (Lipinski definition) is 0. The van der Waals surface area contributed by atoms with Crippen LogP contribution in [0.15, 0.2) is 24.5 Å². The van der Waals surface area contributed by atoms with Gasteiger partial charge in [0.1, 0.15) is 28.9 Å². The third kappa shape index (κ3) is 1.91. The van der Waals surface area contributed by atoms with E-state index in [0.717, 1.165) is 0 Å². The first-order valence-corrected chi connectivity index (χ1v) is 5.45. The largest absolute Gasteiger partial charge is 0.265 e. The summed E-state index contributed by atoms with van der Waals surface area (Å²) in [5.74, 6) is -3.26. The molecule has 1 aromatic carbocycles. The molecule has 0 bridgehead atoms. The third-order valence-corrected chi connectivity index (χ3v) is 2.70. The molecule has 0 saturated carbocycles. The van der Waals surface area contributed by atoms with E-state index in [0.29, 0.717) is 12.1 Å². The van der Waals surface area contributed by atoms with Crippen molar-refractivity contribution in [1.82, 2.24) is 19.6 Å². The molecule has 96 valence electrons. The summed E-state index contributed by atoms with van der Waals surface area (Å²) in [6, 6.07) is 2.53. The van der Waals surface area contributed by atoms with Crippen molar-refractivity contribution in [3.63, 3.8) is 0 Å². The van der Waals surface area contributed by atoms with Gasteiger partial charge in [0, 0.05) is 18.2 Å². The number of halogens is 4. The molecule has 0 N–H and O–H groups in total. The zero-order chi connectivity index (χ0) is 13.6. The summed E-state index contributed by atoms with van der Waals surface area (Å²) in [4.78, 5) is 3.77. The molecule has 0 aliphatic carbocycles. The van der Waals surface area contributed by atoms with Gasteiger partial charge in [-0.25, -0.2) is 18.2 Å². The normalized spacial score (nSPS) is 11.2. The zero-order valence-electron chi connectivity index (χ0n) is 9.11. The predicted molar refractivity (Wildman–Crippen MR) is 61.1 cm³/mol. The lowest BCUT2D eigenvalue weighted by Gasteiger charge is -2.03. The molecule has 0 aliphatic heterocycles. The van der Waals surface area contributed by atoms with Crippen molar-refractivity contribution in [2.24, 2.45) is 0 Å². The van der Waals surface area contributed by atoms with Crippen LogP contribution in [-0.2, 0) is 0 Å². The van der Waals surface area contributed by atoms with Gasteiger partial charge in [-0.2, -0.15) is 0 Å². The molecule has 0 spiro atoms. The van der Waals surface area contributed by atoms with Gasteiger partial charge in [-0.15, -0.1) is 10.2 Å². The highest BCUT2D eigenvalue weighted by molar-refractivity contribution is 6.29. The maximum Gasteiger partial charge on any atom is 0.175 e. The van der Waals surface area contributed by atoms with Gasteiger partial charge in [0.05, 0.1) is 5.56 Å². The van der Waals surface area contributed by atoms with E-state index in [2.05, 4.69) is 15.2 Å². The van der Waals surface area contributed by atoms with Gasteiger partial charge < -0.3 is 0 Å². The van der Waals surface area contributed by atoms with Crippen molar-refractivity contribution >= 4 is 17.2 Å². The summed E-state index contributed by atoms with van der Waals surface area (Å²) in [7, 11) is 0. The molecule has 0 saturated heterocycles. The zero-order valence-corrected chi connectivity index (χ0v) is 9.87. The number of rotatable bonds is 1. The quantitative estimate of drug-likeness (QED) is 0.645. The monoisotopic (exact) mass is 284 g/mol. The molecule has 19 heavy (non-hydrogen) atoms. The molecule has 0 atom stereocenters. The minimum atomic E-state index is -1.07. The number of benzene rings is 1. The fourth-order valence-corrected chi connectivity index (χ4v) is 1.84. The highest BCUT2D eigenvalue weighted by Gasteiger charge is 2.19. The van der Waals surface area contributed by atoms with Crippen molar-refractivity contribution in [2.75, 3.05) is 0 Å². The Morgan fingerprint density at radius 3 is 2.37 bits per heavy atom. The summed E-state index contributed by atoms with van der Waals surface area (Å²) in [6.07, 6.45) is 1.23. The molecule has 0 unspecified atom stereocenters. The van der Waals surface area contributed by atoms with Crippen molar-refractivity contribution in [2.45, 2.75) is 0 Å². The van der Waals surface area contributed by atoms with Crippen molar-refractivity contribution in [3.05, 3.63) is 47.1 Å². The van der Waals surface area contributed by atoms with E-state index in [4.69, 9.17) is 11.6 Å². The smallest absolute Gasteiger partial charge is 0.175 e. The summed E-state index contributed by atoms with van der Waals surface area (Å²) >= 11 is 5.67. The second-order valence-corrected chi connectivity index (χ2v) is 4.10. The van der Waals surface area contributed by atoms with Gasteiger partial charge >= 0.3 is 0 Å². The van der Waals surface area contributed by atoms with Crippen LogP contribution in [0.25, 0.3) is 17.0 Å². The van der Waals surface area contributed by atoms with E-state index in [1.165, 1.54) is 16.8 Å². The van der Waals surface area contributed by atoms with E-state index in [1.807, 2.05) is 0 Å². The van der Waals surface area contributed by atoms with Crippen LogP contribution >= 0.6 is 11.6 Å². The van der Waals surface area contributed by atoms with E-state index in [-0.39, 0.29) is 16.6 Å². The minimum absolute atomic E-state index is 0.117. The standard InChI is InChI=1S/C11H4ClF3N4/c12-8-3-9-17-18-11(19(9)4-16-8)10-6(14)1-5(13)2-7(10)15/h1-4H. The minimum Gasteiger partial charge on any atom is -0.265 e. The van der Waals surface area contributed by atoms with Crippen LogP contribution in [0, 0.1) is 17.5 Å². The molecule has 2 aromatic heterocycles. The molecule has 3 rings (SSSR count). The fourth-order valence-electron chi connectivity index (χ4n) is 1.70. The van der Waals surface area contributed by atoms with Crippen LogP contribution in [0.1, 0.15) is 0 Å². The van der Waals surface area contributed by atoms with Crippen LogP contribution < -0.4 is 0 Å². The Bertz CT molecular complexity index is 764. The van der Waals surface area contributed by atoms with Gasteiger partial charge in [0.2, 0.25) is 0 Å². The van der Waals surface area contributed by atoms with Crippen LogP contribution in [0.4, 0.5) is 13.2 Å². The molecule has 8 heteroatoms. The molecule has 3 aromatic rings. The average molecular weight is 285 g/mol. The van der Waals surface area contributed by atoms with Crippen molar-refractivity contribution in [1.29, 1.82) is 0 Å². The van der Waals surface area contributed by atoms with Gasteiger partial charge in [-0.1, -0.05) is 11.6 Å². The predicted octanol–water partition coefficient (Wildman–Crippen LogP) is 2.86. The molecule has 0 aliphatic rings. The van der Waals surface area contributed by atoms with Crippen molar-refractivity contribution < 1.29 is 13.2 Å². The maximum atomic E-state index is 13.7. The summed E-state index contributed by atoms with van der Waals surface area (Å²) in [5.41, 5.74) is -0.198. The Kier molecular flexibility index (Phi) is 2.63. The van der Waals surface area contributed by atoms with Gasteiger partial charge in [-0.3, -0.25) is 4.40 Å². The van der Waals surface area contributed by atoms with E-state index in [1.54, 1.807) is 0 Å². The molecular weight excluding hydrogens is 281 g/mol. The third-order valence-electron chi connectivity index (χ3n) is 2.50. The highest BCUT2D eigenvalue weighted by Crippen LogP contribution is 2.26. The molecule has 4 nitrogen and oxygen atoms in total. The SMILES string of the molecule is Fc1cc(F)c(-c2nnc3cc(Cl)ncn23)c(F)c1. The lowest BCUT2D eigenvalue weighted by Crippen LogP contribution is -1.98. The van der Waals surface area contributed by atoms with Crippen LogP contribution in [0.2, 0.25) is 5.15 Å². The maximum absolute atomic E-state index is 13.7. The summed E-state index contributed by atoms with van der Waals surface area (Å²) < 4.78 is 41.5. The lowest BCUT2D eigenvalue weighted by atomic mass is 10.2. The Hall–Kier alpha value is -2.15. The fraction of sp³-hybridized carbons (Fsp3) is 0. The molecular formula is C11H4ClF3N4. The Morgan fingerprint density at radius 2 is 1.68 bits per heavy atom. The van der Waals surface area contributed by atoms with Crippen molar-refractivity contribution in [3.8, 4) is 11.4 Å². The first-order valence-electron chi connectivity index (χ1n) is 5.07. The van der Waals surface area contributed by atoms with Crippen LogP contribution in [0.5, 0.6) is 0 Å². The Balaban J connectivity index is 2.31. The van der Waals surface area contributed by atoms with Crippen LogP contribution in [-0.4, -0.2) is 19.6 Å². The Morgan fingerprint density at radius 1 is 1.00 bits per heavy atom. The Labute approximate surface area is 109 Å². The molecule has 0 amide bonds. The number of hydrogen-bond acceptors (Lipinski definition) is 3. The van der Waals surface area contributed by atoms with Crippen LogP contribution in [0.3, 0.4) is 0 Å². The first-order chi connectivity index (χ1) is 9.06. The van der Waals surface area contributed by atoms with Gasteiger partial charge in [0.25, 0.3) is 0 Å².